The van der Waals surface area contributed by atoms with Gasteiger partial charge in [0.1, 0.15) is 6.33 Å². The molecule has 0 aliphatic carbocycles. The highest BCUT2D eigenvalue weighted by molar-refractivity contribution is 5.94. The predicted molar refractivity (Wildman–Crippen MR) is 65.5 cm³/mol. The van der Waals surface area contributed by atoms with E-state index >= 15 is 0 Å². The van der Waals surface area contributed by atoms with Gasteiger partial charge in [-0.15, -0.1) is 0 Å². The summed E-state index contributed by atoms with van der Waals surface area (Å²) in [4.78, 5) is 26.8. The lowest BCUT2D eigenvalue weighted by Gasteiger charge is -2.14. The summed E-state index contributed by atoms with van der Waals surface area (Å²) in [5.74, 6) is -0.386. The fraction of sp³-hybridized carbons (Fsp3) is 0.600. The number of amides is 2. The second kappa shape index (κ2) is 6.10. The third-order valence-corrected chi connectivity index (χ3v) is 2.41. The van der Waals surface area contributed by atoms with E-state index in [1.165, 1.54) is 11.0 Å². The minimum atomic E-state index is -0.618. The van der Waals surface area contributed by atoms with Crippen LogP contribution in [-0.4, -0.2) is 39.2 Å². The van der Waals surface area contributed by atoms with Crippen LogP contribution in [0.25, 0.3) is 0 Å². The van der Waals surface area contributed by atoms with Gasteiger partial charge in [0, 0.05) is 7.05 Å². The van der Waals surface area contributed by atoms with E-state index in [0.717, 1.165) is 0 Å². The Hall–Kier alpha value is -1.96. The normalized spacial score (nSPS) is 12.3. The zero-order chi connectivity index (χ0) is 13.7. The molecule has 4 N–H and O–H groups in total. The van der Waals surface area contributed by atoms with Gasteiger partial charge in [-0.25, -0.2) is 4.68 Å². The first kappa shape index (κ1) is 14.1. The molecule has 1 rings (SSSR count). The smallest absolute Gasteiger partial charge is 0.246 e. The highest BCUT2D eigenvalue weighted by atomic mass is 16.2. The fourth-order valence-electron chi connectivity index (χ4n) is 1.17. The first-order valence-corrected chi connectivity index (χ1v) is 5.59. The van der Waals surface area contributed by atoms with Crippen LogP contribution in [0.15, 0.2) is 6.33 Å². The number of hydrogen-bond donors (Lipinski definition) is 3. The summed E-state index contributed by atoms with van der Waals surface area (Å²) in [6.07, 6.45) is 1.32. The van der Waals surface area contributed by atoms with E-state index in [2.05, 4.69) is 20.7 Å². The number of rotatable bonds is 5. The summed E-state index contributed by atoms with van der Waals surface area (Å²) >= 11 is 0. The monoisotopic (exact) mass is 254 g/mol. The molecule has 1 aromatic heterocycles. The average molecular weight is 254 g/mol. The first-order chi connectivity index (χ1) is 8.41. The van der Waals surface area contributed by atoms with Gasteiger partial charge in [-0.1, -0.05) is 13.8 Å². The maximum absolute atomic E-state index is 11.5. The van der Waals surface area contributed by atoms with Crippen LogP contribution in [0.4, 0.5) is 5.95 Å². The molecule has 8 nitrogen and oxygen atoms in total. The Kier molecular flexibility index (Phi) is 4.78. The van der Waals surface area contributed by atoms with Crippen LogP contribution in [0.3, 0.4) is 0 Å². The minimum absolute atomic E-state index is 0.0202. The Labute approximate surface area is 105 Å². The molecule has 0 aliphatic rings. The molecule has 0 spiro atoms. The highest BCUT2D eigenvalue weighted by Gasteiger charge is 2.17. The maximum atomic E-state index is 11.5. The standard InChI is InChI=1S/C10H18N6O2/c1-6(2)8(11)9(18)12-4-7(17)15-10-13-5-14-16(10)3/h5-6,8H,4,11H2,1-3H3,(H,12,18)(H,13,14,15,17)/t8-/m0/s1. The molecule has 18 heavy (non-hydrogen) atoms. The maximum Gasteiger partial charge on any atom is 0.246 e. The van der Waals surface area contributed by atoms with Gasteiger partial charge in [0.25, 0.3) is 0 Å². The van der Waals surface area contributed by atoms with Crippen LogP contribution in [0.1, 0.15) is 13.8 Å². The molecule has 1 heterocycles. The highest BCUT2D eigenvalue weighted by Crippen LogP contribution is 1.98. The summed E-state index contributed by atoms with van der Waals surface area (Å²) in [6, 6.07) is -0.618. The van der Waals surface area contributed by atoms with Gasteiger partial charge >= 0.3 is 0 Å². The summed E-state index contributed by atoms with van der Waals surface area (Å²) in [5, 5.41) is 8.77. The number of carbonyl (C=O) groups is 2. The van der Waals surface area contributed by atoms with Crippen molar-refractivity contribution in [2.24, 2.45) is 18.7 Å². The molecule has 0 aliphatic heterocycles. The van der Waals surface area contributed by atoms with Crippen LogP contribution in [0, 0.1) is 5.92 Å². The number of anilines is 1. The van der Waals surface area contributed by atoms with Crippen LogP contribution < -0.4 is 16.4 Å². The number of aromatic nitrogens is 3. The van der Waals surface area contributed by atoms with Crippen molar-refractivity contribution in [1.82, 2.24) is 20.1 Å². The largest absolute Gasteiger partial charge is 0.346 e. The molecule has 1 atom stereocenters. The van der Waals surface area contributed by atoms with E-state index < -0.39 is 6.04 Å². The van der Waals surface area contributed by atoms with E-state index in [1.807, 2.05) is 13.8 Å². The van der Waals surface area contributed by atoms with Crippen LogP contribution in [0.2, 0.25) is 0 Å². The molecule has 2 amide bonds. The van der Waals surface area contributed by atoms with Crippen molar-refractivity contribution in [3.8, 4) is 0 Å². The minimum Gasteiger partial charge on any atom is -0.346 e. The average Bonchev–Trinajstić information content (AvgIpc) is 2.70. The third-order valence-electron chi connectivity index (χ3n) is 2.41. The van der Waals surface area contributed by atoms with Crippen molar-refractivity contribution in [3.63, 3.8) is 0 Å². The number of nitrogens with zero attached hydrogens (tertiary/aromatic N) is 3. The Morgan fingerprint density at radius 1 is 1.50 bits per heavy atom. The second-order valence-corrected chi connectivity index (χ2v) is 4.24. The van der Waals surface area contributed by atoms with E-state index in [1.54, 1.807) is 7.05 Å². The molecule has 0 saturated carbocycles. The van der Waals surface area contributed by atoms with Gasteiger partial charge in [0.15, 0.2) is 0 Å². The van der Waals surface area contributed by atoms with Crippen molar-refractivity contribution < 1.29 is 9.59 Å². The van der Waals surface area contributed by atoms with Crippen molar-refractivity contribution in [2.75, 3.05) is 11.9 Å². The van der Waals surface area contributed by atoms with Crippen LogP contribution >= 0.6 is 0 Å². The molecule has 0 radical (unpaired) electrons. The lowest BCUT2D eigenvalue weighted by atomic mass is 10.1. The summed E-state index contributed by atoms with van der Waals surface area (Å²) in [6.45, 7) is 3.53. The number of nitrogens with two attached hydrogens (primary N) is 1. The Morgan fingerprint density at radius 3 is 2.67 bits per heavy atom. The van der Waals surface area contributed by atoms with Crippen molar-refractivity contribution in [2.45, 2.75) is 19.9 Å². The van der Waals surface area contributed by atoms with Gasteiger partial charge in [0.2, 0.25) is 17.8 Å². The lowest BCUT2D eigenvalue weighted by Crippen LogP contribution is -2.46. The lowest BCUT2D eigenvalue weighted by molar-refractivity contribution is -0.125. The molecule has 0 aromatic carbocycles. The molecule has 0 bridgehead atoms. The van der Waals surface area contributed by atoms with Crippen molar-refractivity contribution >= 4 is 17.8 Å². The molecule has 0 fully saturated rings. The van der Waals surface area contributed by atoms with E-state index in [0.29, 0.717) is 5.95 Å². The van der Waals surface area contributed by atoms with Crippen molar-refractivity contribution in [1.29, 1.82) is 0 Å². The number of nitrogens with one attached hydrogen (secondary N) is 2. The van der Waals surface area contributed by atoms with Crippen molar-refractivity contribution in [3.05, 3.63) is 6.33 Å². The Morgan fingerprint density at radius 2 is 2.17 bits per heavy atom. The Bertz CT molecular complexity index is 428. The molecular formula is C10H18N6O2. The summed E-state index contributed by atoms with van der Waals surface area (Å²) < 4.78 is 1.42. The first-order valence-electron chi connectivity index (χ1n) is 5.59. The molecule has 8 heteroatoms. The molecule has 0 unspecified atom stereocenters. The third kappa shape index (κ3) is 3.81. The molecule has 0 saturated heterocycles. The number of aryl methyl sites for hydroxylation is 1. The summed E-state index contributed by atoms with van der Waals surface area (Å²) in [7, 11) is 1.65. The Balaban J connectivity index is 2.38. The second-order valence-electron chi connectivity index (χ2n) is 4.24. The van der Waals surface area contributed by atoms with E-state index in [-0.39, 0.29) is 24.3 Å². The predicted octanol–water partition coefficient (Wildman–Crippen LogP) is -1.15. The zero-order valence-electron chi connectivity index (χ0n) is 10.7. The number of hydrogen-bond acceptors (Lipinski definition) is 5. The quantitative estimate of drug-likeness (QED) is 0.614. The number of carbonyl (C=O) groups excluding carboxylic acids is 2. The fourth-order valence-corrected chi connectivity index (χ4v) is 1.17. The van der Waals surface area contributed by atoms with Gasteiger partial charge < -0.3 is 11.1 Å². The summed E-state index contributed by atoms with van der Waals surface area (Å²) in [5.41, 5.74) is 5.64. The van der Waals surface area contributed by atoms with Gasteiger partial charge in [0.05, 0.1) is 12.6 Å². The molecule has 1 aromatic rings. The van der Waals surface area contributed by atoms with Crippen LogP contribution in [-0.2, 0) is 16.6 Å². The SMILES string of the molecule is CC(C)[C@H](N)C(=O)NCC(=O)Nc1ncnn1C. The van der Waals surface area contributed by atoms with E-state index in [4.69, 9.17) is 5.73 Å². The zero-order valence-corrected chi connectivity index (χ0v) is 10.7. The van der Waals surface area contributed by atoms with Gasteiger partial charge in [-0.3, -0.25) is 14.9 Å². The van der Waals surface area contributed by atoms with E-state index in [9.17, 15) is 9.59 Å². The molecular weight excluding hydrogens is 236 g/mol. The van der Waals surface area contributed by atoms with Gasteiger partial charge in [-0.05, 0) is 5.92 Å². The van der Waals surface area contributed by atoms with Gasteiger partial charge in [-0.2, -0.15) is 10.1 Å². The molecule has 100 valence electrons. The van der Waals surface area contributed by atoms with Crippen LogP contribution in [0.5, 0.6) is 0 Å². The topological polar surface area (TPSA) is 115 Å².